The maximum absolute atomic E-state index is 9.97. The summed E-state index contributed by atoms with van der Waals surface area (Å²) in [6.07, 6.45) is 0. The second kappa shape index (κ2) is 3.53. The van der Waals surface area contributed by atoms with Crippen LogP contribution >= 0.6 is 37.9 Å². The van der Waals surface area contributed by atoms with Crippen LogP contribution in [0.5, 0.6) is 0 Å². The molecule has 0 aliphatic heterocycles. The summed E-state index contributed by atoms with van der Waals surface area (Å²) in [6.45, 7) is 0. The third kappa shape index (κ3) is 2.74. The fourth-order valence-corrected chi connectivity index (χ4v) is 0.383. The number of hydrogen-bond donors (Lipinski definition) is 4. The highest BCUT2D eigenvalue weighted by atomic mass is 32.2. The Kier molecular flexibility index (Phi) is 3.76. The van der Waals surface area contributed by atoms with E-state index >= 15 is 0 Å². The van der Waals surface area contributed by atoms with Gasteiger partial charge in [0.1, 0.15) is 5.25 Å². The molecule has 0 heterocycles. The molecule has 0 bridgehead atoms. The summed E-state index contributed by atoms with van der Waals surface area (Å²) in [5, 5.41) is 7.39. The van der Waals surface area contributed by atoms with Gasteiger partial charge in [0.15, 0.2) is 0 Å². The molecule has 0 radical (unpaired) electrons. The Morgan fingerprint density at radius 2 is 1.75 bits per heavy atom. The number of aliphatic carboxylic acids is 1. The number of carbonyl (C=O) groups is 1. The summed E-state index contributed by atoms with van der Waals surface area (Å²) in [4.78, 5) is 9.97. The lowest BCUT2D eigenvalue weighted by Gasteiger charge is -2.05. The molecule has 0 aliphatic carbocycles. The van der Waals surface area contributed by atoms with Gasteiger partial charge in [-0.3, -0.25) is 4.79 Å². The van der Waals surface area contributed by atoms with Crippen LogP contribution in [0.2, 0.25) is 0 Å². The lowest BCUT2D eigenvalue weighted by Crippen LogP contribution is -2.20. The van der Waals surface area contributed by atoms with E-state index in [1.807, 2.05) is 0 Å². The van der Waals surface area contributed by atoms with Crippen molar-refractivity contribution < 1.29 is 9.90 Å². The van der Waals surface area contributed by atoms with E-state index in [1.54, 1.807) is 0 Å². The first kappa shape index (κ1) is 8.52. The minimum atomic E-state index is -0.997. The minimum Gasteiger partial charge on any atom is -0.480 e. The molecule has 0 saturated carbocycles. The number of rotatable bonds is 2. The van der Waals surface area contributed by atoms with Crippen molar-refractivity contribution in [2.45, 2.75) is 9.83 Å². The van der Waals surface area contributed by atoms with Gasteiger partial charge in [0, 0.05) is 0 Å². The zero-order valence-corrected chi connectivity index (χ0v) is 6.54. The smallest absolute Gasteiger partial charge is 0.318 e. The third-order valence-corrected chi connectivity index (χ3v) is 2.12. The van der Waals surface area contributed by atoms with Crippen LogP contribution in [0.1, 0.15) is 0 Å². The van der Waals surface area contributed by atoms with Gasteiger partial charge in [0.05, 0.1) is 4.58 Å². The largest absolute Gasteiger partial charge is 0.480 e. The van der Waals surface area contributed by atoms with Gasteiger partial charge in [0.2, 0.25) is 0 Å². The SMILES string of the molecule is O=C(O)C(S)C(S)S. The molecule has 0 fully saturated rings. The maximum Gasteiger partial charge on any atom is 0.318 e. The van der Waals surface area contributed by atoms with Gasteiger partial charge in [0.25, 0.3) is 0 Å². The predicted molar refractivity (Wildman–Crippen MR) is 42.2 cm³/mol. The number of thiol groups is 3. The first-order chi connectivity index (χ1) is 3.55. The Labute approximate surface area is 63.9 Å². The Hall–Kier alpha value is 0.520. The van der Waals surface area contributed by atoms with E-state index in [4.69, 9.17) is 5.11 Å². The van der Waals surface area contributed by atoms with E-state index in [1.165, 1.54) is 0 Å². The summed E-state index contributed by atoms with van der Waals surface area (Å²) in [6, 6.07) is 0. The van der Waals surface area contributed by atoms with Gasteiger partial charge in [-0.2, -0.15) is 37.9 Å². The topological polar surface area (TPSA) is 37.3 Å². The molecular weight excluding hydrogens is 164 g/mol. The molecule has 0 aromatic carbocycles. The number of hydrogen-bond acceptors (Lipinski definition) is 4. The Balaban J connectivity index is 3.64. The van der Waals surface area contributed by atoms with Crippen LogP contribution in [-0.4, -0.2) is 20.9 Å². The fourth-order valence-electron chi connectivity index (χ4n) is 0.128. The van der Waals surface area contributed by atoms with Gasteiger partial charge in [-0.15, -0.1) is 0 Å². The lowest BCUT2D eigenvalue weighted by atomic mass is 10.5. The molecule has 48 valence electrons. The van der Waals surface area contributed by atoms with Crippen molar-refractivity contribution in [3.8, 4) is 0 Å². The van der Waals surface area contributed by atoms with Gasteiger partial charge >= 0.3 is 5.97 Å². The van der Waals surface area contributed by atoms with E-state index in [0.29, 0.717) is 0 Å². The molecule has 2 nitrogen and oxygen atoms in total. The summed E-state index contributed by atoms with van der Waals surface area (Å²) in [5.41, 5.74) is 0. The second-order valence-corrected chi connectivity index (χ2v) is 3.27. The molecule has 1 atom stereocenters. The quantitative estimate of drug-likeness (QED) is 0.361. The number of carboxylic acid groups (broad SMARTS) is 1. The average molecular weight is 170 g/mol. The first-order valence-electron chi connectivity index (χ1n) is 1.82. The normalized spacial score (nSPS) is 14.0. The monoisotopic (exact) mass is 170 g/mol. The summed E-state index contributed by atoms with van der Waals surface area (Å²) in [5.74, 6) is -0.997. The van der Waals surface area contributed by atoms with E-state index in [2.05, 4.69) is 37.9 Å². The maximum atomic E-state index is 9.97. The van der Waals surface area contributed by atoms with Crippen molar-refractivity contribution in [2.24, 2.45) is 0 Å². The second-order valence-electron chi connectivity index (χ2n) is 1.20. The average Bonchev–Trinajstić information content (AvgIpc) is 1.64. The zero-order valence-electron chi connectivity index (χ0n) is 3.85. The van der Waals surface area contributed by atoms with Crippen molar-refractivity contribution >= 4 is 43.9 Å². The molecule has 0 amide bonds. The highest BCUT2D eigenvalue weighted by Gasteiger charge is 2.16. The summed E-state index contributed by atoms with van der Waals surface area (Å²) >= 11 is 11.1. The van der Waals surface area contributed by atoms with Crippen LogP contribution in [-0.2, 0) is 4.79 Å². The molecule has 5 heteroatoms. The molecule has 0 aromatic rings. The zero-order chi connectivity index (χ0) is 6.73. The Morgan fingerprint density at radius 1 is 1.38 bits per heavy atom. The molecule has 0 spiro atoms. The Morgan fingerprint density at radius 3 is 1.75 bits per heavy atom. The van der Waals surface area contributed by atoms with E-state index < -0.39 is 15.8 Å². The van der Waals surface area contributed by atoms with Crippen LogP contribution in [0, 0.1) is 0 Å². The standard InChI is InChI=1S/C3H6O2S3/c4-2(5)1(6)3(7)8/h1,3,6-8H,(H,4,5). The van der Waals surface area contributed by atoms with Crippen molar-refractivity contribution in [3.63, 3.8) is 0 Å². The van der Waals surface area contributed by atoms with Crippen molar-refractivity contribution in [2.75, 3.05) is 0 Å². The lowest BCUT2D eigenvalue weighted by molar-refractivity contribution is -0.136. The molecule has 1 unspecified atom stereocenters. The van der Waals surface area contributed by atoms with Crippen LogP contribution in [0.3, 0.4) is 0 Å². The van der Waals surface area contributed by atoms with Gasteiger partial charge < -0.3 is 5.11 Å². The molecule has 0 aliphatic rings. The van der Waals surface area contributed by atoms with Crippen molar-refractivity contribution in [1.29, 1.82) is 0 Å². The molecule has 0 aromatic heterocycles. The van der Waals surface area contributed by atoms with E-state index in [-0.39, 0.29) is 0 Å². The fraction of sp³-hybridized carbons (Fsp3) is 0.667. The molecule has 1 N–H and O–H groups in total. The van der Waals surface area contributed by atoms with Crippen molar-refractivity contribution in [1.82, 2.24) is 0 Å². The summed E-state index contributed by atoms with van der Waals surface area (Å²) in [7, 11) is 0. The summed E-state index contributed by atoms with van der Waals surface area (Å²) < 4.78 is -0.504. The predicted octanol–water partition coefficient (Wildman–Crippen LogP) is 0.555. The molecular formula is C3H6O2S3. The highest BCUT2D eigenvalue weighted by Crippen LogP contribution is 2.11. The van der Waals surface area contributed by atoms with E-state index in [0.717, 1.165) is 0 Å². The van der Waals surface area contributed by atoms with Gasteiger partial charge in [-0.25, -0.2) is 0 Å². The van der Waals surface area contributed by atoms with Crippen LogP contribution in [0.4, 0.5) is 0 Å². The van der Waals surface area contributed by atoms with E-state index in [9.17, 15) is 4.79 Å². The molecule has 8 heavy (non-hydrogen) atoms. The van der Waals surface area contributed by atoms with Gasteiger partial charge in [-0.05, 0) is 0 Å². The van der Waals surface area contributed by atoms with Crippen LogP contribution in [0.25, 0.3) is 0 Å². The first-order valence-corrected chi connectivity index (χ1v) is 3.37. The highest BCUT2D eigenvalue weighted by molar-refractivity contribution is 8.00. The van der Waals surface area contributed by atoms with Crippen LogP contribution < -0.4 is 0 Å². The van der Waals surface area contributed by atoms with Crippen molar-refractivity contribution in [3.05, 3.63) is 0 Å². The molecule has 0 rings (SSSR count). The third-order valence-electron chi connectivity index (χ3n) is 0.535. The number of carboxylic acids is 1. The molecule has 0 saturated heterocycles. The minimum absolute atomic E-state index is 0.504. The van der Waals surface area contributed by atoms with Gasteiger partial charge in [-0.1, -0.05) is 0 Å². The Bertz CT molecular complexity index is 92.5. The van der Waals surface area contributed by atoms with Crippen LogP contribution in [0.15, 0.2) is 0 Å².